The second-order valence-corrected chi connectivity index (χ2v) is 8.05. The van der Waals surface area contributed by atoms with Crippen molar-refractivity contribution in [2.45, 2.75) is 19.8 Å². The SMILES string of the molecule is C=CCOC(=O)C1=C(C)NC(C)=C(C(=O)OCC=C)C1c1ccc(Br)s1. The van der Waals surface area contributed by atoms with E-state index in [1.54, 1.807) is 13.8 Å². The van der Waals surface area contributed by atoms with E-state index in [1.807, 2.05) is 12.1 Å². The molecule has 0 saturated heterocycles. The van der Waals surface area contributed by atoms with Gasteiger partial charge >= 0.3 is 11.9 Å². The number of hydrogen-bond acceptors (Lipinski definition) is 6. The van der Waals surface area contributed by atoms with Crippen LogP contribution in [0.5, 0.6) is 0 Å². The summed E-state index contributed by atoms with van der Waals surface area (Å²) in [4.78, 5) is 26.2. The predicted molar refractivity (Wildman–Crippen MR) is 106 cm³/mol. The zero-order valence-electron chi connectivity index (χ0n) is 14.6. The lowest BCUT2D eigenvalue weighted by Crippen LogP contribution is -2.32. The lowest BCUT2D eigenvalue weighted by atomic mass is 9.84. The van der Waals surface area contributed by atoms with E-state index in [1.165, 1.54) is 23.5 Å². The van der Waals surface area contributed by atoms with E-state index >= 15 is 0 Å². The molecule has 1 aliphatic heterocycles. The normalized spacial score (nSPS) is 14.7. The Morgan fingerprint density at radius 3 is 2.00 bits per heavy atom. The number of thiophene rings is 1. The van der Waals surface area contributed by atoms with Crippen molar-refractivity contribution in [3.63, 3.8) is 0 Å². The Labute approximate surface area is 165 Å². The van der Waals surface area contributed by atoms with Crippen LogP contribution in [0.25, 0.3) is 0 Å². The summed E-state index contributed by atoms with van der Waals surface area (Å²) in [5.41, 5.74) is 2.06. The first-order valence-corrected chi connectivity index (χ1v) is 9.51. The number of halogens is 1. The first-order valence-electron chi connectivity index (χ1n) is 7.90. The van der Waals surface area contributed by atoms with Crippen LogP contribution >= 0.6 is 27.3 Å². The van der Waals surface area contributed by atoms with Crippen LogP contribution in [0.2, 0.25) is 0 Å². The Morgan fingerprint density at radius 2 is 1.62 bits per heavy atom. The molecule has 1 aliphatic rings. The second-order valence-electron chi connectivity index (χ2n) is 5.55. The molecule has 0 aromatic carbocycles. The monoisotopic (exact) mass is 437 g/mol. The molecule has 0 saturated carbocycles. The molecule has 0 bridgehead atoms. The summed E-state index contributed by atoms with van der Waals surface area (Å²) in [6.07, 6.45) is 3.00. The molecule has 138 valence electrons. The van der Waals surface area contributed by atoms with Crippen molar-refractivity contribution in [2.75, 3.05) is 13.2 Å². The van der Waals surface area contributed by atoms with E-state index in [2.05, 4.69) is 34.4 Å². The molecular weight excluding hydrogens is 418 g/mol. The standard InChI is InChI=1S/C19H20BrNO4S/c1-5-9-24-18(22)15-11(3)21-12(4)16(19(23)25-10-6-2)17(15)13-7-8-14(20)26-13/h5-8,17,21H,1-2,9-10H2,3-4H3. The molecule has 26 heavy (non-hydrogen) atoms. The van der Waals surface area contributed by atoms with Gasteiger partial charge in [-0.05, 0) is 41.9 Å². The number of esters is 2. The number of dihydropyridines is 1. The van der Waals surface area contributed by atoms with Gasteiger partial charge in [0.1, 0.15) is 13.2 Å². The number of carbonyl (C=O) groups excluding carboxylic acids is 2. The second kappa shape index (κ2) is 9.00. The van der Waals surface area contributed by atoms with Crippen molar-refractivity contribution < 1.29 is 19.1 Å². The number of allylic oxidation sites excluding steroid dienone is 2. The molecule has 0 unspecified atom stereocenters. The Bertz CT molecular complexity index is 760. The lowest BCUT2D eigenvalue weighted by Gasteiger charge is -2.29. The summed E-state index contributed by atoms with van der Waals surface area (Å²) in [7, 11) is 0. The minimum absolute atomic E-state index is 0.0927. The number of ether oxygens (including phenoxy) is 2. The number of rotatable bonds is 7. The van der Waals surface area contributed by atoms with Gasteiger partial charge in [0.15, 0.2) is 0 Å². The quantitative estimate of drug-likeness (QED) is 0.511. The Kier molecular flexibility index (Phi) is 6.99. The predicted octanol–water partition coefficient (Wildman–Crippen LogP) is 4.20. The van der Waals surface area contributed by atoms with E-state index in [4.69, 9.17) is 9.47 Å². The minimum atomic E-state index is -0.567. The van der Waals surface area contributed by atoms with Gasteiger partial charge in [-0.25, -0.2) is 9.59 Å². The zero-order chi connectivity index (χ0) is 19.3. The molecule has 0 atom stereocenters. The maximum atomic E-state index is 12.7. The average Bonchev–Trinajstić information content (AvgIpc) is 3.03. The Balaban J connectivity index is 2.53. The van der Waals surface area contributed by atoms with E-state index in [0.717, 1.165) is 8.66 Å². The van der Waals surface area contributed by atoms with Crippen LogP contribution in [0.1, 0.15) is 24.6 Å². The molecular formula is C19H20BrNO4S. The molecule has 1 aromatic rings. The molecule has 5 nitrogen and oxygen atoms in total. The van der Waals surface area contributed by atoms with Crippen molar-refractivity contribution in [3.8, 4) is 0 Å². The van der Waals surface area contributed by atoms with Crippen LogP contribution < -0.4 is 5.32 Å². The molecule has 0 amide bonds. The van der Waals surface area contributed by atoms with E-state index in [0.29, 0.717) is 22.5 Å². The van der Waals surface area contributed by atoms with Crippen LogP contribution in [0, 0.1) is 0 Å². The van der Waals surface area contributed by atoms with Crippen LogP contribution in [0.4, 0.5) is 0 Å². The molecule has 0 aliphatic carbocycles. The molecule has 2 heterocycles. The Morgan fingerprint density at radius 1 is 1.12 bits per heavy atom. The van der Waals surface area contributed by atoms with E-state index in [-0.39, 0.29) is 13.2 Å². The van der Waals surface area contributed by atoms with Gasteiger partial charge in [-0.15, -0.1) is 11.3 Å². The topological polar surface area (TPSA) is 64.6 Å². The van der Waals surface area contributed by atoms with Crippen LogP contribution in [0.3, 0.4) is 0 Å². The minimum Gasteiger partial charge on any atom is -0.458 e. The molecule has 1 N–H and O–H groups in total. The highest BCUT2D eigenvalue weighted by Gasteiger charge is 2.38. The van der Waals surface area contributed by atoms with Gasteiger partial charge < -0.3 is 14.8 Å². The first kappa shape index (κ1) is 20.2. The maximum absolute atomic E-state index is 12.7. The lowest BCUT2D eigenvalue weighted by molar-refractivity contribution is -0.138. The van der Waals surface area contributed by atoms with Crippen molar-refractivity contribution in [1.29, 1.82) is 0 Å². The van der Waals surface area contributed by atoms with E-state index < -0.39 is 17.9 Å². The summed E-state index contributed by atoms with van der Waals surface area (Å²) in [6.45, 7) is 10.9. The number of hydrogen-bond donors (Lipinski definition) is 1. The summed E-state index contributed by atoms with van der Waals surface area (Å²) < 4.78 is 11.4. The molecule has 0 radical (unpaired) electrons. The summed E-state index contributed by atoms with van der Waals surface area (Å²) in [6, 6.07) is 3.76. The Hall–Kier alpha value is -2.12. The molecule has 2 rings (SSSR count). The van der Waals surface area contributed by atoms with Crippen molar-refractivity contribution in [2.24, 2.45) is 0 Å². The summed E-state index contributed by atoms with van der Waals surface area (Å²) >= 11 is 4.89. The maximum Gasteiger partial charge on any atom is 0.337 e. The van der Waals surface area contributed by atoms with Crippen LogP contribution in [-0.4, -0.2) is 25.2 Å². The van der Waals surface area contributed by atoms with Gasteiger partial charge in [-0.2, -0.15) is 0 Å². The fraction of sp³-hybridized carbons (Fsp3) is 0.263. The average molecular weight is 438 g/mol. The molecule has 0 fully saturated rings. The van der Waals surface area contributed by atoms with Crippen molar-refractivity contribution in [1.82, 2.24) is 5.32 Å². The zero-order valence-corrected chi connectivity index (χ0v) is 17.0. The third kappa shape index (κ3) is 4.34. The van der Waals surface area contributed by atoms with Gasteiger partial charge in [0.05, 0.1) is 20.9 Å². The molecule has 0 spiro atoms. The molecule has 1 aromatic heterocycles. The molecule has 7 heteroatoms. The third-order valence-electron chi connectivity index (χ3n) is 3.74. The van der Waals surface area contributed by atoms with Gasteiger partial charge in [0.2, 0.25) is 0 Å². The smallest absolute Gasteiger partial charge is 0.337 e. The van der Waals surface area contributed by atoms with Gasteiger partial charge in [0.25, 0.3) is 0 Å². The van der Waals surface area contributed by atoms with Crippen molar-refractivity contribution in [3.05, 3.63) is 68.6 Å². The van der Waals surface area contributed by atoms with Gasteiger partial charge in [-0.3, -0.25) is 0 Å². The third-order valence-corrected chi connectivity index (χ3v) is 5.43. The van der Waals surface area contributed by atoms with Crippen molar-refractivity contribution >= 4 is 39.2 Å². The van der Waals surface area contributed by atoms with Gasteiger partial charge in [0, 0.05) is 16.3 Å². The summed E-state index contributed by atoms with van der Waals surface area (Å²) in [5, 5.41) is 3.10. The van der Waals surface area contributed by atoms with E-state index in [9.17, 15) is 9.59 Å². The largest absolute Gasteiger partial charge is 0.458 e. The fourth-order valence-electron chi connectivity index (χ4n) is 2.73. The summed E-state index contributed by atoms with van der Waals surface area (Å²) in [5.74, 6) is -1.56. The highest BCUT2D eigenvalue weighted by atomic mass is 79.9. The fourth-order valence-corrected chi connectivity index (χ4v) is 4.27. The first-order chi connectivity index (χ1) is 12.4. The highest BCUT2D eigenvalue weighted by Crippen LogP contribution is 2.42. The number of carbonyl (C=O) groups is 2. The van der Waals surface area contributed by atoms with Gasteiger partial charge in [-0.1, -0.05) is 25.3 Å². The highest BCUT2D eigenvalue weighted by molar-refractivity contribution is 9.11. The van der Waals surface area contributed by atoms with Crippen LogP contribution in [-0.2, 0) is 19.1 Å². The van der Waals surface area contributed by atoms with Crippen LogP contribution in [0.15, 0.2) is 63.8 Å². The number of nitrogens with one attached hydrogen (secondary N) is 1.